The van der Waals surface area contributed by atoms with Gasteiger partial charge >= 0.3 is 0 Å². The molecule has 0 aliphatic carbocycles. The standard InChI is InChI=1S/C22H23N3O4S/c26-22(12-11-21-23-17-20(29-21)18-7-3-1-4-8-18)24-13-15-25(16-14-24)30(27,28)19-9-5-2-6-10-19/h1-10,17H,11-16H2. The maximum atomic E-state index is 12.7. The van der Waals surface area contributed by atoms with E-state index in [4.69, 9.17) is 4.42 Å². The minimum Gasteiger partial charge on any atom is -0.441 e. The van der Waals surface area contributed by atoms with E-state index < -0.39 is 10.0 Å². The summed E-state index contributed by atoms with van der Waals surface area (Å²) >= 11 is 0. The summed E-state index contributed by atoms with van der Waals surface area (Å²) < 4.78 is 32.6. The normalized spacial score (nSPS) is 15.3. The van der Waals surface area contributed by atoms with Crippen LogP contribution in [0.1, 0.15) is 12.3 Å². The first-order chi connectivity index (χ1) is 14.5. The van der Waals surface area contributed by atoms with E-state index in [1.165, 1.54) is 4.31 Å². The van der Waals surface area contributed by atoms with Crippen molar-refractivity contribution in [2.45, 2.75) is 17.7 Å². The first kappa shape index (κ1) is 20.3. The predicted molar refractivity (Wildman–Crippen MR) is 112 cm³/mol. The Bertz CT molecular complexity index is 1090. The largest absolute Gasteiger partial charge is 0.441 e. The van der Waals surface area contributed by atoms with Crippen LogP contribution in [-0.4, -0.2) is 54.7 Å². The molecule has 0 bridgehead atoms. The van der Waals surface area contributed by atoms with Crippen molar-refractivity contribution in [3.8, 4) is 11.3 Å². The summed E-state index contributed by atoms with van der Waals surface area (Å²) in [6.07, 6.45) is 2.36. The lowest BCUT2D eigenvalue weighted by molar-refractivity contribution is -0.132. The van der Waals surface area contributed by atoms with Gasteiger partial charge in [0.25, 0.3) is 0 Å². The van der Waals surface area contributed by atoms with Gasteiger partial charge in [-0.15, -0.1) is 0 Å². The zero-order chi connectivity index (χ0) is 21.0. The molecule has 1 amide bonds. The van der Waals surface area contributed by atoms with E-state index in [0.29, 0.717) is 44.3 Å². The Hall–Kier alpha value is -2.97. The molecule has 156 valence electrons. The molecule has 4 rings (SSSR count). The summed E-state index contributed by atoms with van der Waals surface area (Å²) in [5.41, 5.74) is 0.943. The van der Waals surface area contributed by atoms with Crippen LogP contribution in [0, 0.1) is 0 Å². The van der Waals surface area contributed by atoms with E-state index in [-0.39, 0.29) is 17.2 Å². The predicted octanol–water partition coefficient (Wildman–Crippen LogP) is 2.81. The topological polar surface area (TPSA) is 83.7 Å². The van der Waals surface area contributed by atoms with Crippen LogP contribution in [0.25, 0.3) is 11.3 Å². The third-order valence-corrected chi connectivity index (χ3v) is 7.05. The fourth-order valence-corrected chi connectivity index (χ4v) is 4.90. The second-order valence-corrected chi connectivity index (χ2v) is 9.02. The van der Waals surface area contributed by atoms with Crippen LogP contribution >= 0.6 is 0 Å². The van der Waals surface area contributed by atoms with Gasteiger partial charge in [-0.2, -0.15) is 4.31 Å². The molecule has 30 heavy (non-hydrogen) atoms. The van der Waals surface area contributed by atoms with Gasteiger partial charge in [-0.05, 0) is 12.1 Å². The summed E-state index contributed by atoms with van der Waals surface area (Å²) in [4.78, 5) is 18.8. The van der Waals surface area contributed by atoms with E-state index >= 15 is 0 Å². The van der Waals surface area contributed by atoms with Crippen LogP contribution < -0.4 is 0 Å². The monoisotopic (exact) mass is 425 g/mol. The molecule has 1 aromatic heterocycles. The second-order valence-electron chi connectivity index (χ2n) is 7.08. The molecule has 7 nitrogen and oxygen atoms in total. The van der Waals surface area contributed by atoms with Gasteiger partial charge in [0.1, 0.15) is 0 Å². The van der Waals surface area contributed by atoms with E-state index in [0.717, 1.165) is 5.56 Å². The van der Waals surface area contributed by atoms with Crippen molar-refractivity contribution in [2.24, 2.45) is 0 Å². The highest BCUT2D eigenvalue weighted by Crippen LogP contribution is 2.21. The van der Waals surface area contributed by atoms with Crippen LogP contribution in [-0.2, 0) is 21.2 Å². The minimum absolute atomic E-state index is 0.0220. The van der Waals surface area contributed by atoms with E-state index in [9.17, 15) is 13.2 Å². The fourth-order valence-electron chi connectivity index (χ4n) is 3.45. The zero-order valence-corrected chi connectivity index (χ0v) is 17.3. The molecule has 2 heterocycles. The van der Waals surface area contributed by atoms with Crippen LogP contribution in [0.4, 0.5) is 0 Å². The minimum atomic E-state index is -3.52. The van der Waals surface area contributed by atoms with Gasteiger partial charge in [0.2, 0.25) is 15.9 Å². The number of aryl methyl sites for hydroxylation is 1. The number of piperazine rings is 1. The SMILES string of the molecule is O=C(CCc1ncc(-c2ccccc2)o1)N1CCN(S(=O)(=O)c2ccccc2)CC1. The quantitative estimate of drug-likeness (QED) is 0.606. The molecule has 0 saturated carbocycles. The Balaban J connectivity index is 1.29. The molecule has 0 spiro atoms. The molecule has 1 aliphatic rings. The van der Waals surface area contributed by atoms with Gasteiger partial charge in [-0.1, -0.05) is 48.5 Å². The van der Waals surface area contributed by atoms with E-state index in [1.54, 1.807) is 41.4 Å². The zero-order valence-electron chi connectivity index (χ0n) is 16.5. The average Bonchev–Trinajstić information content (AvgIpc) is 3.28. The molecule has 3 aromatic rings. The first-order valence-electron chi connectivity index (χ1n) is 9.87. The second kappa shape index (κ2) is 8.81. The van der Waals surface area contributed by atoms with Crippen LogP contribution in [0.2, 0.25) is 0 Å². The number of nitrogens with zero attached hydrogens (tertiary/aromatic N) is 3. The van der Waals surface area contributed by atoms with Crippen molar-refractivity contribution < 1.29 is 17.6 Å². The first-order valence-corrected chi connectivity index (χ1v) is 11.3. The van der Waals surface area contributed by atoms with Crippen LogP contribution in [0.5, 0.6) is 0 Å². The molecule has 1 saturated heterocycles. The van der Waals surface area contributed by atoms with Gasteiger partial charge in [0, 0.05) is 44.6 Å². The van der Waals surface area contributed by atoms with Gasteiger partial charge in [0.15, 0.2) is 11.7 Å². The molecule has 2 aromatic carbocycles. The van der Waals surface area contributed by atoms with Crippen molar-refractivity contribution in [1.29, 1.82) is 0 Å². The molecule has 0 radical (unpaired) electrons. The van der Waals surface area contributed by atoms with Crippen molar-refractivity contribution in [3.63, 3.8) is 0 Å². The van der Waals surface area contributed by atoms with Crippen molar-refractivity contribution in [1.82, 2.24) is 14.2 Å². The number of aromatic nitrogens is 1. The highest BCUT2D eigenvalue weighted by Gasteiger charge is 2.29. The smallest absolute Gasteiger partial charge is 0.243 e. The van der Waals surface area contributed by atoms with E-state index in [1.807, 2.05) is 30.3 Å². The number of carbonyl (C=O) groups is 1. The number of oxazole rings is 1. The lowest BCUT2D eigenvalue weighted by atomic mass is 10.2. The molecule has 8 heteroatoms. The third-order valence-electron chi connectivity index (χ3n) is 5.14. The Labute approximate surface area is 176 Å². The summed E-state index contributed by atoms with van der Waals surface area (Å²) in [7, 11) is -3.52. The number of hydrogen-bond donors (Lipinski definition) is 0. The average molecular weight is 426 g/mol. The molecule has 0 N–H and O–H groups in total. The molecule has 0 atom stereocenters. The lowest BCUT2D eigenvalue weighted by Gasteiger charge is -2.34. The highest BCUT2D eigenvalue weighted by molar-refractivity contribution is 7.89. The molecular formula is C22H23N3O4S. The Morgan fingerprint density at radius 2 is 1.57 bits per heavy atom. The van der Waals surface area contributed by atoms with Gasteiger partial charge < -0.3 is 9.32 Å². The maximum Gasteiger partial charge on any atom is 0.243 e. The maximum absolute atomic E-state index is 12.7. The number of rotatable bonds is 6. The number of benzene rings is 2. The van der Waals surface area contributed by atoms with E-state index in [2.05, 4.69) is 4.98 Å². The van der Waals surface area contributed by atoms with Crippen LogP contribution in [0.15, 0.2) is 76.2 Å². The molecular weight excluding hydrogens is 402 g/mol. The molecule has 1 fully saturated rings. The summed E-state index contributed by atoms with van der Waals surface area (Å²) in [5.74, 6) is 1.18. The Morgan fingerprint density at radius 3 is 2.23 bits per heavy atom. The van der Waals surface area contributed by atoms with Crippen molar-refractivity contribution in [2.75, 3.05) is 26.2 Å². The van der Waals surface area contributed by atoms with Gasteiger partial charge in [-0.25, -0.2) is 13.4 Å². The number of sulfonamides is 1. The highest BCUT2D eigenvalue weighted by atomic mass is 32.2. The number of hydrogen-bond acceptors (Lipinski definition) is 5. The lowest BCUT2D eigenvalue weighted by Crippen LogP contribution is -2.50. The Kier molecular flexibility index (Phi) is 5.96. The Morgan fingerprint density at radius 1 is 0.933 bits per heavy atom. The van der Waals surface area contributed by atoms with Gasteiger partial charge in [-0.3, -0.25) is 4.79 Å². The summed E-state index contributed by atoms with van der Waals surface area (Å²) in [6.45, 7) is 1.34. The number of amides is 1. The molecule has 0 unspecified atom stereocenters. The van der Waals surface area contributed by atoms with Crippen LogP contribution in [0.3, 0.4) is 0 Å². The van der Waals surface area contributed by atoms with Crippen molar-refractivity contribution >= 4 is 15.9 Å². The molecule has 1 aliphatic heterocycles. The summed E-state index contributed by atoms with van der Waals surface area (Å²) in [6, 6.07) is 18.1. The number of carbonyl (C=O) groups excluding carboxylic acids is 1. The summed E-state index contributed by atoms with van der Waals surface area (Å²) in [5, 5.41) is 0. The third kappa shape index (κ3) is 4.44. The van der Waals surface area contributed by atoms with Crippen molar-refractivity contribution in [3.05, 3.63) is 72.8 Å². The fraction of sp³-hybridized carbons (Fsp3) is 0.273. The van der Waals surface area contributed by atoms with Gasteiger partial charge in [0.05, 0.1) is 11.1 Å².